The average molecular weight is 192 g/mol. The van der Waals surface area contributed by atoms with Gasteiger partial charge in [-0.1, -0.05) is 31.5 Å². The summed E-state index contributed by atoms with van der Waals surface area (Å²) >= 11 is 0. The van der Waals surface area contributed by atoms with Gasteiger partial charge < -0.3 is 5.11 Å². The van der Waals surface area contributed by atoms with Crippen molar-refractivity contribution in [1.82, 2.24) is 0 Å². The zero-order valence-corrected chi connectivity index (χ0v) is 8.92. The number of aromatic carboxylic acids is 1. The molecule has 2 nitrogen and oxygen atoms in total. The second kappa shape index (κ2) is 4.27. The largest absolute Gasteiger partial charge is 0.478 e. The molecule has 1 N–H and O–H groups in total. The predicted octanol–water partition coefficient (Wildman–Crippen LogP) is 2.82. The number of benzene rings is 1. The topological polar surface area (TPSA) is 37.3 Å². The van der Waals surface area contributed by atoms with E-state index in [4.69, 9.17) is 5.11 Å². The smallest absolute Gasteiger partial charge is 0.336 e. The summed E-state index contributed by atoms with van der Waals surface area (Å²) in [4.78, 5) is 11.1. The van der Waals surface area contributed by atoms with Crippen LogP contribution in [-0.4, -0.2) is 11.1 Å². The van der Waals surface area contributed by atoms with Crippen molar-refractivity contribution in [3.8, 4) is 0 Å². The molecule has 0 radical (unpaired) electrons. The number of aryl methyl sites for hydroxylation is 3. The number of carbonyl (C=O) groups is 1. The van der Waals surface area contributed by atoms with Crippen LogP contribution in [0.3, 0.4) is 0 Å². The zero-order chi connectivity index (χ0) is 10.7. The molecule has 0 fully saturated rings. The minimum absolute atomic E-state index is 0.501. The van der Waals surface area contributed by atoms with E-state index in [1.54, 1.807) is 0 Å². The van der Waals surface area contributed by atoms with Crippen LogP contribution in [0, 0.1) is 6.92 Å². The molecule has 0 amide bonds. The highest BCUT2D eigenvalue weighted by molar-refractivity contribution is 5.91. The third kappa shape index (κ3) is 1.95. The first-order valence-electron chi connectivity index (χ1n) is 4.95. The summed E-state index contributed by atoms with van der Waals surface area (Å²) < 4.78 is 0. The quantitative estimate of drug-likeness (QED) is 0.799. The van der Waals surface area contributed by atoms with Crippen LogP contribution in [0.2, 0.25) is 0 Å². The molecule has 0 unspecified atom stereocenters. The van der Waals surface area contributed by atoms with E-state index in [-0.39, 0.29) is 0 Å². The van der Waals surface area contributed by atoms with Crippen LogP contribution in [0.25, 0.3) is 0 Å². The van der Waals surface area contributed by atoms with Crippen molar-refractivity contribution in [3.05, 3.63) is 34.4 Å². The molecule has 1 aromatic rings. The first-order valence-corrected chi connectivity index (χ1v) is 4.95. The Hall–Kier alpha value is -1.31. The molecule has 0 spiro atoms. The highest BCUT2D eigenvalue weighted by atomic mass is 16.4. The fraction of sp³-hybridized carbons (Fsp3) is 0.417. The Labute approximate surface area is 84.6 Å². The van der Waals surface area contributed by atoms with Gasteiger partial charge in [0.15, 0.2) is 0 Å². The molecule has 0 aliphatic heterocycles. The van der Waals surface area contributed by atoms with Crippen molar-refractivity contribution in [2.75, 3.05) is 0 Å². The molecule has 0 aromatic heterocycles. The third-order valence-electron chi connectivity index (χ3n) is 2.42. The minimum atomic E-state index is -0.807. The fourth-order valence-corrected chi connectivity index (χ4v) is 1.77. The number of hydrogen-bond donors (Lipinski definition) is 1. The van der Waals surface area contributed by atoms with E-state index in [0.717, 1.165) is 29.5 Å². The lowest BCUT2D eigenvalue weighted by atomic mass is 9.95. The van der Waals surface area contributed by atoms with Crippen molar-refractivity contribution >= 4 is 5.97 Å². The second-order valence-corrected chi connectivity index (χ2v) is 3.47. The molecular weight excluding hydrogens is 176 g/mol. The van der Waals surface area contributed by atoms with Crippen molar-refractivity contribution in [3.63, 3.8) is 0 Å². The molecule has 2 heteroatoms. The molecule has 14 heavy (non-hydrogen) atoms. The minimum Gasteiger partial charge on any atom is -0.478 e. The first kappa shape index (κ1) is 10.8. The lowest BCUT2D eigenvalue weighted by Crippen LogP contribution is -2.07. The van der Waals surface area contributed by atoms with Gasteiger partial charge in [-0.3, -0.25) is 0 Å². The fourth-order valence-electron chi connectivity index (χ4n) is 1.77. The monoisotopic (exact) mass is 192 g/mol. The van der Waals surface area contributed by atoms with E-state index in [9.17, 15) is 4.79 Å². The molecule has 0 saturated carbocycles. The molecule has 0 saturated heterocycles. The van der Waals surface area contributed by atoms with Crippen LogP contribution in [0.1, 0.15) is 40.9 Å². The Morgan fingerprint density at radius 1 is 1.21 bits per heavy atom. The number of hydrogen-bond acceptors (Lipinski definition) is 1. The molecule has 1 rings (SSSR count). The van der Waals surface area contributed by atoms with E-state index >= 15 is 0 Å². The van der Waals surface area contributed by atoms with E-state index in [2.05, 4.69) is 0 Å². The molecule has 0 atom stereocenters. The van der Waals surface area contributed by atoms with Crippen LogP contribution in [0.15, 0.2) is 12.1 Å². The summed E-state index contributed by atoms with van der Waals surface area (Å²) in [6.45, 7) is 5.98. The molecule has 1 aromatic carbocycles. The van der Waals surface area contributed by atoms with Gasteiger partial charge in [-0.2, -0.15) is 0 Å². The number of carboxylic acid groups (broad SMARTS) is 1. The van der Waals surface area contributed by atoms with Crippen molar-refractivity contribution in [2.45, 2.75) is 33.6 Å². The number of rotatable bonds is 3. The predicted molar refractivity (Wildman–Crippen MR) is 56.9 cm³/mol. The van der Waals surface area contributed by atoms with Crippen LogP contribution >= 0.6 is 0 Å². The highest BCUT2D eigenvalue weighted by Crippen LogP contribution is 2.19. The molecule has 0 aliphatic carbocycles. The van der Waals surface area contributed by atoms with Gasteiger partial charge in [0.2, 0.25) is 0 Å². The zero-order valence-electron chi connectivity index (χ0n) is 8.92. The van der Waals surface area contributed by atoms with Gasteiger partial charge in [-0.15, -0.1) is 0 Å². The Bertz CT molecular complexity index is 328. The van der Waals surface area contributed by atoms with Crippen molar-refractivity contribution in [1.29, 1.82) is 0 Å². The lowest BCUT2D eigenvalue weighted by Gasteiger charge is -2.10. The van der Waals surface area contributed by atoms with Gasteiger partial charge >= 0.3 is 5.97 Å². The van der Waals surface area contributed by atoms with E-state index < -0.39 is 5.97 Å². The summed E-state index contributed by atoms with van der Waals surface area (Å²) in [6.07, 6.45) is 1.55. The SMILES string of the molecule is CCc1cc(C)cc(CC)c1C(=O)O. The van der Waals surface area contributed by atoms with Crippen molar-refractivity contribution < 1.29 is 9.90 Å². The third-order valence-corrected chi connectivity index (χ3v) is 2.42. The van der Waals surface area contributed by atoms with Gasteiger partial charge in [0.1, 0.15) is 0 Å². The average Bonchev–Trinajstić information content (AvgIpc) is 2.15. The van der Waals surface area contributed by atoms with Crippen molar-refractivity contribution in [2.24, 2.45) is 0 Å². The van der Waals surface area contributed by atoms with Crippen LogP contribution < -0.4 is 0 Å². The summed E-state index contributed by atoms with van der Waals surface area (Å²) in [5.74, 6) is -0.807. The van der Waals surface area contributed by atoms with E-state index in [1.807, 2.05) is 32.9 Å². The number of carboxylic acids is 1. The molecule has 0 bridgehead atoms. The molecular formula is C12H16O2. The molecule has 0 aliphatic rings. The summed E-state index contributed by atoms with van der Waals surface area (Å²) in [5, 5.41) is 9.10. The maximum atomic E-state index is 11.1. The summed E-state index contributed by atoms with van der Waals surface area (Å²) in [7, 11) is 0. The van der Waals surface area contributed by atoms with Crippen LogP contribution in [-0.2, 0) is 12.8 Å². The second-order valence-electron chi connectivity index (χ2n) is 3.47. The maximum Gasteiger partial charge on any atom is 0.336 e. The van der Waals surface area contributed by atoms with Gasteiger partial charge in [-0.05, 0) is 30.9 Å². The molecule has 0 heterocycles. The van der Waals surface area contributed by atoms with Gasteiger partial charge in [0.05, 0.1) is 5.56 Å². The summed E-state index contributed by atoms with van der Waals surface area (Å²) in [5.41, 5.74) is 3.52. The van der Waals surface area contributed by atoms with Gasteiger partial charge in [-0.25, -0.2) is 4.79 Å². The Kier molecular flexibility index (Phi) is 3.28. The Morgan fingerprint density at radius 2 is 1.64 bits per heavy atom. The van der Waals surface area contributed by atoms with Gasteiger partial charge in [0, 0.05) is 0 Å². The Morgan fingerprint density at radius 3 is 1.93 bits per heavy atom. The molecule has 76 valence electrons. The normalized spacial score (nSPS) is 10.2. The maximum absolute atomic E-state index is 11.1. The first-order chi connectivity index (χ1) is 6.60. The van der Waals surface area contributed by atoms with E-state index in [0.29, 0.717) is 5.56 Å². The lowest BCUT2D eigenvalue weighted by molar-refractivity contribution is 0.0694. The van der Waals surface area contributed by atoms with Gasteiger partial charge in [0.25, 0.3) is 0 Å². The van der Waals surface area contributed by atoms with Crippen LogP contribution in [0.5, 0.6) is 0 Å². The highest BCUT2D eigenvalue weighted by Gasteiger charge is 2.13. The van der Waals surface area contributed by atoms with E-state index in [1.165, 1.54) is 0 Å². The summed E-state index contributed by atoms with van der Waals surface area (Å²) in [6, 6.07) is 3.92. The van der Waals surface area contributed by atoms with Crippen LogP contribution in [0.4, 0.5) is 0 Å². The standard InChI is InChI=1S/C12H16O2/c1-4-9-6-8(3)7-10(5-2)11(9)12(13)14/h6-7H,4-5H2,1-3H3,(H,13,14). The Balaban J connectivity index is 3.40.